The molecule has 4 heteroatoms. The molecule has 0 bridgehead atoms. The summed E-state index contributed by atoms with van der Waals surface area (Å²) in [5.74, 6) is 0.375. The number of nitrogens with one attached hydrogen (secondary N) is 1. The SMILES string of the molecule is O=C(CCCl)NCc1ccccc1.[H-].[K+]. The van der Waals surface area contributed by atoms with Crippen LogP contribution in [0.2, 0.25) is 0 Å². The number of amides is 1. The van der Waals surface area contributed by atoms with E-state index < -0.39 is 0 Å². The van der Waals surface area contributed by atoms with E-state index in [0.29, 0.717) is 18.8 Å². The van der Waals surface area contributed by atoms with Crippen LogP contribution in [0.1, 0.15) is 13.4 Å². The summed E-state index contributed by atoms with van der Waals surface area (Å²) in [7, 11) is 0. The van der Waals surface area contributed by atoms with Crippen molar-refractivity contribution in [2.24, 2.45) is 0 Å². The van der Waals surface area contributed by atoms with Crippen molar-refractivity contribution in [3.8, 4) is 0 Å². The van der Waals surface area contributed by atoms with Crippen molar-refractivity contribution in [3.63, 3.8) is 0 Å². The molecule has 0 saturated carbocycles. The van der Waals surface area contributed by atoms with Crippen molar-refractivity contribution < 1.29 is 57.6 Å². The minimum Gasteiger partial charge on any atom is -1.00 e. The van der Waals surface area contributed by atoms with Crippen molar-refractivity contribution in [1.82, 2.24) is 5.32 Å². The van der Waals surface area contributed by atoms with E-state index in [1.54, 1.807) is 0 Å². The zero-order valence-corrected chi connectivity index (χ0v) is 12.2. The largest absolute Gasteiger partial charge is 1.00 e. The molecule has 72 valence electrons. The standard InChI is InChI=1S/C10H12ClNO.K.H/c11-7-6-10(13)12-8-9-4-2-1-3-5-9;;/h1-5H,6-8H2,(H,12,13);;/q;+1;-1. The maximum Gasteiger partial charge on any atom is 1.00 e. The summed E-state index contributed by atoms with van der Waals surface area (Å²) in [5, 5.41) is 2.78. The summed E-state index contributed by atoms with van der Waals surface area (Å²) in [4.78, 5) is 11.0. The first-order valence-corrected chi connectivity index (χ1v) is 4.73. The van der Waals surface area contributed by atoms with E-state index in [1.165, 1.54) is 0 Å². The summed E-state index contributed by atoms with van der Waals surface area (Å²) >= 11 is 5.42. The number of benzene rings is 1. The van der Waals surface area contributed by atoms with Crippen LogP contribution in [-0.2, 0) is 11.3 Å². The number of alkyl halides is 1. The third-order valence-electron chi connectivity index (χ3n) is 1.65. The molecule has 0 atom stereocenters. The Kier molecular flexibility index (Phi) is 9.28. The maximum absolute atomic E-state index is 11.0. The van der Waals surface area contributed by atoms with Crippen molar-refractivity contribution in [3.05, 3.63) is 35.9 Å². The van der Waals surface area contributed by atoms with Gasteiger partial charge >= 0.3 is 51.4 Å². The molecule has 0 fully saturated rings. The van der Waals surface area contributed by atoms with Crippen molar-refractivity contribution in [2.75, 3.05) is 5.88 Å². The first-order chi connectivity index (χ1) is 6.33. The first-order valence-electron chi connectivity index (χ1n) is 4.19. The summed E-state index contributed by atoms with van der Waals surface area (Å²) in [6.45, 7) is 0.580. The van der Waals surface area contributed by atoms with Gasteiger partial charge in [-0.3, -0.25) is 4.79 Å². The van der Waals surface area contributed by atoms with E-state index in [0.717, 1.165) is 5.56 Å². The molecule has 1 aromatic rings. The molecule has 0 aliphatic heterocycles. The number of hydrogen-bond acceptors (Lipinski definition) is 1. The fourth-order valence-corrected chi connectivity index (χ4v) is 1.14. The summed E-state index contributed by atoms with van der Waals surface area (Å²) in [5.41, 5.74) is 1.10. The van der Waals surface area contributed by atoms with Crippen LogP contribution in [0.15, 0.2) is 30.3 Å². The van der Waals surface area contributed by atoms with Crippen molar-refractivity contribution >= 4 is 17.5 Å². The van der Waals surface area contributed by atoms with Gasteiger partial charge in [-0.15, -0.1) is 11.6 Å². The molecule has 1 N–H and O–H groups in total. The fraction of sp³-hybridized carbons (Fsp3) is 0.300. The van der Waals surface area contributed by atoms with Crippen LogP contribution in [0, 0.1) is 0 Å². The summed E-state index contributed by atoms with van der Waals surface area (Å²) in [6.07, 6.45) is 0.383. The van der Waals surface area contributed by atoms with Crippen LogP contribution < -0.4 is 56.7 Å². The van der Waals surface area contributed by atoms with Gasteiger partial charge in [-0.1, -0.05) is 30.3 Å². The van der Waals surface area contributed by atoms with Gasteiger partial charge in [-0.25, -0.2) is 0 Å². The molecule has 0 spiro atoms. The Morgan fingerprint density at radius 3 is 2.57 bits per heavy atom. The van der Waals surface area contributed by atoms with E-state index in [2.05, 4.69) is 5.32 Å². The molecule has 1 aromatic carbocycles. The van der Waals surface area contributed by atoms with E-state index in [4.69, 9.17) is 11.6 Å². The van der Waals surface area contributed by atoms with Gasteiger partial charge in [0.05, 0.1) is 0 Å². The van der Waals surface area contributed by atoms with Crippen LogP contribution in [0.5, 0.6) is 0 Å². The minimum atomic E-state index is -0.00106. The van der Waals surface area contributed by atoms with E-state index >= 15 is 0 Å². The van der Waals surface area contributed by atoms with Gasteiger partial charge in [-0.05, 0) is 5.56 Å². The van der Waals surface area contributed by atoms with Gasteiger partial charge < -0.3 is 6.74 Å². The Morgan fingerprint density at radius 2 is 2.00 bits per heavy atom. The second-order valence-corrected chi connectivity index (χ2v) is 3.08. The van der Waals surface area contributed by atoms with Crippen LogP contribution >= 0.6 is 11.6 Å². The van der Waals surface area contributed by atoms with Gasteiger partial charge in [0.1, 0.15) is 0 Å². The van der Waals surface area contributed by atoms with Gasteiger partial charge in [0.15, 0.2) is 0 Å². The second kappa shape index (κ2) is 8.89. The average molecular weight is 238 g/mol. The second-order valence-electron chi connectivity index (χ2n) is 2.70. The smallest absolute Gasteiger partial charge is 1.00 e. The molecule has 2 nitrogen and oxygen atoms in total. The van der Waals surface area contributed by atoms with E-state index in [1.807, 2.05) is 30.3 Å². The van der Waals surface area contributed by atoms with Crippen molar-refractivity contribution in [1.29, 1.82) is 0 Å². The Hall–Kier alpha value is 0.616. The minimum absolute atomic E-state index is 0. The number of rotatable bonds is 4. The van der Waals surface area contributed by atoms with E-state index in [-0.39, 0.29) is 58.7 Å². The quantitative estimate of drug-likeness (QED) is 0.531. The molecule has 1 rings (SSSR count). The van der Waals surface area contributed by atoms with Gasteiger partial charge in [0.25, 0.3) is 0 Å². The predicted molar refractivity (Wildman–Crippen MR) is 54.7 cm³/mol. The molecule has 0 aromatic heterocycles. The Morgan fingerprint density at radius 1 is 1.36 bits per heavy atom. The molecule has 0 aliphatic rings. The number of halogens is 1. The van der Waals surface area contributed by atoms with Crippen LogP contribution in [0.25, 0.3) is 0 Å². The van der Waals surface area contributed by atoms with Crippen LogP contribution in [0.4, 0.5) is 0 Å². The molecule has 0 unspecified atom stereocenters. The van der Waals surface area contributed by atoms with E-state index in [9.17, 15) is 4.79 Å². The number of carbonyl (C=O) groups excluding carboxylic acids is 1. The first kappa shape index (κ1) is 14.6. The fourth-order valence-electron chi connectivity index (χ4n) is 0.971. The maximum atomic E-state index is 11.0. The normalized spacial score (nSPS) is 8.93. The molecule has 14 heavy (non-hydrogen) atoms. The third kappa shape index (κ3) is 6.17. The molecule has 0 saturated heterocycles. The zero-order valence-electron chi connectivity index (χ0n) is 9.29. The number of carbonyl (C=O) groups is 1. The molecule has 0 radical (unpaired) electrons. The van der Waals surface area contributed by atoms with Crippen molar-refractivity contribution in [2.45, 2.75) is 13.0 Å². The zero-order chi connectivity index (χ0) is 9.52. The van der Waals surface area contributed by atoms with Crippen LogP contribution in [0.3, 0.4) is 0 Å². The monoisotopic (exact) mass is 237 g/mol. The number of hydrogen-bond donors (Lipinski definition) is 1. The molecule has 0 heterocycles. The molecule has 0 aliphatic carbocycles. The molecular weight excluding hydrogens is 225 g/mol. The molecule has 1 amide bonds. The Bertz CT molecular complexity index is 271. The van der Waals surface area contributed by atoms with Gasteiger partial charge in [-0.2, -0.15) is 0 Å². The molecular formula is C10H13ClKNO. The Balaban J connectivity index is 0. The van der Waals surface area contributed by atoms with Gasteiger partial charge in [0.2, 0.25) is 5.91 Å². The third-order valence-corrected chi connectivity index (χ3v) is 1.84. The topological polar surface area (TPSA) is 29.1 Å². The Labute approximate surface area is 133 Å². The summed E-state index contributed by atoms with van der Waals surface area (Å²) < 4.78 is 0. The van der Waals surface area contributed by atoms with Crippen LogP contribution in [-0.4, -0.2) is 11.8 Å². The summed E-state index contributed by atoms with van der Waals surface area (Å²) in [6, 6.07) is 9.79. The average Bonchev–Trinajstić information content (AvgIpc) is 2.17. The predicted octanol–water partition coefficient (Wildman–Crippen LogP) is -0.952. The van der Waals surface area contributed by atoms with Gasteiger partial charge in [0, 0.05) is 18.8 Å².